The van der Waals surface area contributed by atoms with Crippen LogP contribution < -0.4 is 5.32 Å². The first-order chi connectivity index (χ1) is 12.1. The number of nitrogens with zero attached hydrogens (tertiary/aromatic N) is 4. The maximum atomic E-state index is 12.2. The summed E-state index contributed by atoms with van der Waals surface area (Å²) in [7, 11) is 0. The average molecular weight is 355 g/mol. The van der Waals surface area contributed by atoms with Gasteiger partial charge < -0.3 is 10.4 Å². The summed E-state index contributed by atoms with van der Waals surface area (Å²) >= 11 is 1.35. The van der Waals surface area contributed by atoms with Crippen LogP contribution in [0.4, 0.5) is 0 Å². The Morgan fingerprint density at radius 2 is 2.20 bits per heavy atom. The lowest BCUT2D eigenvalue weighted by Crippen LogP contribution is -2.25. The van der Waals surface area contributed by atoms with E-state index < -0.39 is 0 Å². The number of amides is 1. The Kier molecular flexibility index (Phi) is 4.99. The first-order valence-corrected chi connectivity index (χ1v) is 8.80. The molecule has 3 aromatic rings. The number of fused-ring (bicyclic) bond motifs is 1. The van der Waals surface area contributed by atoms with Crippen LogP contribution in [0.25, 0.3) is 11.9 Å². The largest absolute Gasteiger partial charge is 0.493 e. The van der Waals surface area contributed by atoms with Crippen LogP contribution >= 0.6 is 11.8 Å². The van der Waals surface area contributed by atoms with E-state index in [2.05, 4.69) is 27.0 Å². The number of thioether (sulfide) groups is 1. The van der Waals surface area contributed by atoms with Crippen molar-refractivity contribution < 1.29 is 9.90 Å². The van der Waals surface area contributed by atoms with Crippen molar-refractivity contribution in [1.82, 2.24) is 24.9 Å². The van der Waals surface area contributed by atoms with E-state index in [9.17, 15) is 9.90 Å². The zero-order valence-corrected chi connectivity index (χ0v) is 14.5. The van der Waals surface area contributed by atoms with Gasteiger partial charge in [-0.1, -0.05) is 48.7 Å². The molecule has 25 heavy (non-hydrogen) atoms. The molecule has 0 bridgehead atoms. The standard InChI is InChI=1S/C17H17N5O2S/c1-3-11-6-4-5-7-12(11)10-18-14(23)8-13-9-15(24)22-16(19-13)20-17(21-22)25-2/h3-7,9,24H,1,8,10H2,2H3,(H,18,23). The topological polar surface area (TPSA) is 92.4 Å². The van der Waals surface area contributed by atoms with Gasteiger partial charge in [0.2, 0.25) is 16.9 Å². The van der Waals surface area contributed by atoms with E-state index >= 15 is 0 Å². The highest BCUT2D eigenvalue weighted by Gasteiger charge is 2.12. The molecule has 2 aromatic heterocycles. The minimum Gasteiger partial charge on any atom is -0.493 e. The van der Waals surface area contributed by atoms with E-state index in [0.717, 1.165) is 11.1 Å². The third-order valence-corrected chi connectivity index (χ3v) is 4.14. The van der Waals surface area contributed by atoms with E-state index in [1.165, 1.54) is 22.3 Å². The summed E-state index contributed by atoms with van der Waals surface area (Å²) in [5.74, 6) is -0.0264. The van der Waals surface area contributed by atoms with Gasteiger partial charge in [-0.15, -0.1) is 5.10 Å². The molecule has 0 fully saturated rings. The third-order valence-electron chi connectivity index (χ3n) is 3.60. The molecule has 0 radical (unpaired) electrons. The number of nitrogens with one attached hydrogen (secondary N) is 1. The molecule has 0 saturated heterocycles. The van der Waals surface area contributed by atoms with E-state index in [1.807, 2.05) is 30.5 Å². The molecule has 7 nitrogen and oxygen atoms in total. The zero-order chi connectivity index (χ0) is 17.8. The van der Waals surface area contributed by atoms with E-state index in [-0.39, 0.29) is 24.0 Å². The Morgan fingerprint density at radius 3 is 2.96 bits per heavy atom. The van der Waals surface area contributed by atoms with Crippen molar-refractivity contribution in [2.24, 2.45) is 0 Å². The summed E-state index contributed by atoms with van der Waals surface area (Å²) in [5.41, 5.74) is 2.40. The fourth-order valence-electron chi connectivity index (χ4n) is 2.37. The predicted octanol–water partition coefficient (Wildman–Crippen LogP) is 2.05. The van der Waals surface area contributed by atoms with Crippen LogP contribution in [0.15, 0.2) is 42.1 Å². The third kappa shape index (κ3) is 3.80. The van der Waals surface area contributed by atoms with Gasteiger partial charge in [-0.3, -0.25) is 4.79 Å². The van der Waals surface area contributed by atoms with E-state index in [1.54, 1.807) is 6.08 Å². The second kappa shape index (κ2) is 7.35. The van der Waals surface area contributed by atoms with Gasteiger partial charge in [0.1, 0.15) is 0 Å². The molecule has 128 valence electrons. The highest BCUT2D eigenvalue weighted by atomic mass is 32.2. The van der Waals surface area contributed by atoms with E-state index in [4.69, 9.17) is 0 Å². The smallest absolute Gasteiger partial charge is 0.256 e. The number of aromatic hydroxyl groups is 1. The molecule has 0 spiro atoms. The zero-order valence-electron chi connectivity index (χ0n) is 13.6. The predicted molar refractivity (Wildman–Crippen MR) is 96.3 cm³/mol. The number of hydrogen-bond donors (Lipinski definition) is 2. The molecule has 0 atom stereocenters. The van der Waals surface area contributed by atoms with Gasteiger partial charge in [0.25, 0.3) is 5.78 Å². The van der Waals surface area contributed by atoms with Crippen molar-refractivity contribution in [3.63, 3.8) is 0 Å². The monoisotopic (exact) mass is 355 g/mol. The highest BCUT2D eigenvalue weighted by molar-refractivity contribution is 7.98. The molecule has 0 aliphatic carbocycles. The molecule has 3 rings (SSSR count). The minimum atomic E-state index is -0.195. The quantitative estimate of drug-likeness (QED) is 0.658. The number of aromatic nitrogens is 4. The summed E-state index contributed by atoms with van der Waals surface area (Å²) in [6.07, 6.45) is 3.63. The van der Waals surface area contributed by atoms with Gasteiger partial charge >= 0.3 is 0 Å². The maximum absolute atomic E-state index is 12.2. The number of carbonyl (C=O) groups is 1. The lowest BCUT2D eigenvalue weighted by atomic mass is 10.1. The maximum Gasteiger partial charge on any atom is 0.256 e. The molecule has 1 aromatic carbocycles. The molecule has 0 saturated carbocycles. The van der Waals surface area contributed by atoms with Crippen LogP contribution in [0, 0.1) is 0 Å². The molecule has 2 heterocycles. The Labute approximate surface area is 148 Å². The molecule has 0 aliphatic rings. The number of hydrogen-bond acceptors (Lipinski definition) is 6. The van der Waals surface area contributed by atoms with Crippen LogP contribution in [0.3, 0.4) is 0 Å². The number of benzene rings is 1. The summed E-state index contributed by atoms with van der Waals surface area (Å²) in [6, 6.07) is 9.13. The summed E-state index contributed by atoms with van der Waals surface area (Å²) < 4.78 is 1.24. The van der Waals surface area contributed by atoms with Crippen molar-refractivity contribution in [2.45, 2.75) is 18.1 Å². The molecule has 0 aliphatic heterocycles. The second-order valence-corrected chi connectivity index (χ2v) is 6.05. The summed E-state index contributed by atoms with van der Waals surface area (Å²) in [5, 5.41) is 17.5. The van der Waals surface area contributed by atoms with Crippen LogP contribution in [-0.2, 0) is 17.8 Å². The fourth-order valence-corrected chi connectivity index (χ4v) is 2.71. The SMILES string of the molecule is C=Cc1ccccc1CNC(=O)Cc1cc(O)n2nc(SC)nc2n1. The van der Waals surface area contributed by atoms with Gasteiger partial charge in [-0.2, -0.15) is 9.50 Å². The molecule has 0 unspecified atom stereocenters. The second-order valence-electron chi connectivity index (χ2n) is 5.27. The fraction of sp³-hybridized carbons (Fsp3) is 0.176. The Bertz CT molecular complexity index is 938. The molecular weight excluding hydrogens is 338 g/mol. The summed E-state index contributed by atoms with van der Waals surface area (Å²) in [6.45, 7) is 4.17. The minimum absolute atomic E-state index is 0.0434. The Morgan fingerprint density at radius 1 is 1.40 bits per heavy atom. The van der Waals surface area contributed by atoms with Crippen LogP contribution in [0.1, 0.15) is 16.8 Å². The lowest BCUT2D eigenvalue weighted by Gasteiger charge is -2.08. The molecule has 2 N–H and O–H groups in total. The highest BCUT2D eigenvalue weighted by Crippen LogP contribution is 2.16. The van der Waals surface area contributed by atoms with Gasteiger partial charge in [0, 0.05) is 12.6 Å². The van der Waals surface area contributed by atoms with Crippen molar-refractivity contribution >= 4 is 29.5 Å². The van der Waals surface area contributed by atoms with E-state index in [0.29, 0.717) is 17.4 Å². The average Bonchev–Trinajstić information content (AvgIpc) is 3.04. The van der Waals surface area contributed by atoms with Crippen molar-refractivity contribution in [2.75, 3.05) is 6.26 Å². The molecule has 1 amide bonds. The lowest BCUT2D eigenvalue weighted by molar-refractivity contribution is -0.120. The van der Waals surface area contributed by atoms with Crippen molar-refractivity contribution in [3.05, 3.63) is 53.7 Å². The first-order valence-electron chi connectivity index (χ1n) is 7.57. The Hall–Kier alpha value is -2.87. The summed E-state index contributed by atoms with van der Waals surface area (Å²) in [4.78, 5) is 20.6. The number of rotatable bonds is 6. The number of carbonyl (C=O) groups excluding carboxylic acids is 1. The van der Waals surface area contributed by atoms with Crippen molar-refractivity contribution in [1.29, 1.82) is 0 Å². The Balaban J connectivity index is 1.70. The van der Waals surface area contributed by atoms with Gasteiger partial charge in [-0.05, 0) is 17.4 Å². The van der Waals surface area contributed by atoms with Crippen LogP contribution in [0.5, 0.6) is 5.88 Å². The van der Waals surface area contributed by atoms with Gasteiger partial charge in [0.15, 0.2) is 0 Å². The normalized spacial score (nSPS) is 10.8. The van der Waals surface area contributed by atoms with Gasteiger partial charge in [-0.25, -0.2) is 4.98 Å². The van der Waals surface area contributed by atoms with Crippen molar-refractivity contribution in [3.8, 4) is 5.88 Å². The molecule has 8 heteroatoms. The first kappa shape index (κ1) is 17.0. The molecular formula is C17H17N5O2S. The van der Waals surface area contributed by atoms with Crippen LogP contribution in [0.2, 0.25) is 0 Å². The van der Waals surface area contributed by atoms with Crippen LogP contribution in [-0.4, -0.2) is 36.9 Å². The van der Waals surface area contributed by atoms with Gasteiger partial charge in [0.05, 0.1) is 12.1 Å².